The molecular weight excluding hydrogens is 449 g/mol. The molecule has 0 radical (unpaired) electrons. The lowest BCUT2D eigenvalue weighted by atomic mass is 9.98. The first-order chi connectivity index (χ1) is 16.7. The molecule has 2 saturated heterocycles. The van der Waals surface area contributed by atoms with Gasteiger partial charge in [-0.05, 0) is 29.2 Å². The zero-order valence-corrected chi connectivity index (χ0v) is 20.4. The summed E-state index contributed by atoms with van der Waals surface area (Å²) in [6, 6.07) is 14.5. The van der Waals surface area contributed by atoms with E-state index in [1.54, 1.807) is 34.0 Å². The Morgan fingerprint density at radius 3 is 2.40 bits per heavy atom. The summed E-state index contributed by atoms with van der Waals surface area (Å²) in [4.78, 5) is 43.4. The molecule has 2 aliphatic rings. The van der Waals surface area contributed by atoms with Crippen LogP contribution < -0.4 is 5.32 Å². The third-order valence-electron chi connectivity index (χ3n) is 6.36. The second-order valence-corrected chi connectivity index (χ2v) is 9.57. The Morgan fingerprint density at radius 1 is 1.06 bits per heavy atom. The molecule has 2 aromatic rings. The maximum atomic E-state index is 13.5. The summed E-state index contributed by atoms with van der Waals surface area (Å²) in [5, 5.41) is 6.01. The number of hydrogen-bond acceptors (Lipinski definition) is 4. The average molecular weight is 482 g/mol. The van der Waals surface area contributed by atoms with Crippen LogP contribution in [0.5, 0.6) is 0 Å². The van der Waals surface area contributed by atoms with E-state index in [0.29, 0.717) is 13.0 Å². The largest absolute Gasteiger partial charge is 0.337 e. The van der Waals surface area contributed by atoms with Gasteiger partial charge in [0.1, 0.15) is 18.0 Å². The zero-order chi connectivity index (χ0) is 25.1. The second kappa shape index (κ2) is 10.4. The fraction of sp³-hybridized carbons (Fsp3) is 0.423. The molecule has 8 nitrogen and oxygen atoms in total. The van der Waals surface area contributed by atoms with Gasteiger partial charge in [-0.3, -0.25) is 9.59 Å². The number of nitrogens with one attached hydrogen (secondary N) is 1. The van der Waals surface area contributed by atoms with Crippen molar-refractivity contribution < 1.29 is 18.8 Å². The third kappa shape index (κ3) is 5.45. The van der Waals surface area contributed by atoms with Gasteiger partial charge in [-0.25, -0.2) is 19.2 Å². The number of halogens is 1. The Morgan fingerprint density at radius 2 is 1.74 bits per heavy atom. The van der Waals surface area contributed by atoms with E-state index in [-0.39, 0.29) is 49.2 Å². The van der Waals surface area contributed by atoms with Crippen LogP contribution in [0.1, 0.15) is 25.0 Å². The molecule has 0 saturated carbocycles. The molecule has 2 aromatic carbocycles. The summed E-state index contributed by atoms with van der Waals surface area (Å²) in [5.41, 5.74) is 1.71. The van der Waals surface area contributed by atoms with Crippen molar-refractivity contribution in [3.05, 3.63) is 71.5 Å². The minimum absolute atomic E-state index is 0.0107. The fourth-order valence-corrected chi connectivity index (χ4v) is 4.81. The van der Waals surface area contributed by atoms with Crippen LogP contribution in [-0.2, 0) is 22.6 Å². The van der Waals surface area contributed by atoms with Gasteiger partial charge >= 0.3 is 6.03 Å². The minimum Gasteiger partial charge on any atom is -0.337 e. The second-order valence-electron chi connectivity index (χ2n) is 9.57. The van der Waals surface area contributed by atoms with Crippen molar-refractivity contribution in [2.45, 2.75) is 39.0 Å². The number of benzene rings is 2. The molecule has 0 unspecified atom stereocenters. The van der Waals surface area contributed by atoms with Gasteiger partial charge in [0, 0.05) is 26.6 Å². The van der Waals surface area contributed by atoms with Gasteiger partial charge in [0.15, 0.2) is 0 Å². The van der Waals surface area contributed by atoms with Crippen molar-refractivity contribution >= 4 is 17.8 Å². The highest BCUT2D eigenvalue weighted by molar-refractivity contribution is 5.91. The maximum Gasteiger partial charge on any atom is 0.334 e. The van der Waals surface area contributed by atoms with Crippen molar-refractivity contribution in [2.24, 2.45) is 5.92 Å². The quantitative estimate of drug-likeness (QED) is 0.688. The molecular formula is C26H32FN5O3. The number of fused-ring (bicyclic) bond motifs is 1. The van der Waals surface area contributed by atoms with Crippen LogP contribution in [0, 0.1) is 11.7 Å². The fourth-order valence-electron chi connectivity index (χ4n) is 4.81. The first-order valence-electron chi connectivity index (χ1n) is 11.9. The normalized spacial score (nSPS) is 20.9. The smallest absolute Gasteiger partial charge is 0.334 e. The molecule has 0 aromatic heterocycles. The molecule has 0 spiro atoms. The molecule has 0 bridgehead atoms. The van der Waals surface area contributed by atoms with Crippen LogP contribution in [-0.4, -0.2) is 76.6 Å². The summed E-state index contributed by atoms with van der Waals surface area (Å²) >= 11 is 0. The highest BCUT2D eigenvalue weighted by Crippen LogP contribution is 2.28. The van der Waals surface area contributed by atoms with Crippen LogP contribution in [0.15, 0.2) is 54.6 Å². The Kier molecular flexibility index (Phi) is 7.35. The molecule has 9 heteroatoms. The Labute approximate surface area is 205 Å². The van der Waals surface area contributed by atoms with Crippen LogP contribution in [0.25, 0.3) is 0 Å². The Hall–Kier alpha value is -3.46. The molecule has 186 valence electrons. The summed E-state index contributed by atoms with van der Waals surface area (Å²) in [5.74, 6) is -0.380. The van der Waals surface area contributed by atoms with E-state index in [1.807, 2.05) is 44.2 Å². The van der Waals surface area contributed by atoms with Crippen LogP contribution >= 0.6 is 0 Å². The number of likely N-dealkylation sites (N-methyl/N-ethyl adjacent to an activating group) is 1. The maximum absolute atomic E-state index is 13.5. The monoisotopic (exact) mass is 481 g/mol. The van der Waals surface area contributed by atoms with Crippen LogP contribution in [0.4, 0.5) is 9.18 Å². The van der Waals surface area contributed by atoms with E-state index in [9.17, 15) is 18.8 Å². The number of carbonyl (C=O) groups is 3. The number of piperazine rings is 1. The summed E-state index contributed by atoms with van der Waals surface area (Å²) in [6.07, 6.45) is -0.245. The molecule has 2 atom stereocenters. The predicted octanol–water partition coefficient (Wildman–Crippen LogP) is 2.46. The highest BCUT2D eigenvalue weighted by Gasteiger charge is 2.50. The van der Waals surface area contributed by atoms with Gasteiger partial charge < -0.3 is 15.1 Å². The highest BCUT2D eigenvalue weighted by atomic mass is 19.1. The number of nitrogens with zero attached hydrogens (tertiary/aromatic N) is 4. The van der Waals surface area contributed by atoms with E-state index in [2.05, 4.69) is 5.32 Å². The van der Waals surface area contributed by atoms with Crippen molar-refractivity contribution in [2.75, 3.05) is 26.7 Å². The standard InChI is InChI=1S/C26H32FN5O3/c1-18(2)15-30-16-23-31(22(25(30)34)13-19-7-5-4-6-8-19)24(33)17-29(3)32(23)26(35)28-14-20-9-11-21(27)12-10-20/h4-12,18,22-23H,13-17H2,1-3H3,(H,28,35)/t22-,23-/m0/s1. The first-order valence-corrected chi connectivity index (χ1v) is 11.9. The Balaban J connectivity index is 1.60. The number of carbonyl (C=O) groups excluding carboxylic acids is 3. The van der Waals surface area contributed by atoms with Gasteiger partial charge in [-0.15, -0.1) is 0 Å². The van der Waals surface area contributed by atoms with Crippen molar-refractivity contribution in [1.82, 2.24) is 25.1 Å². The van der Waals surface area contributed by atoms with Gasteiger partial charge in [0.05, 0.1) is 13.1 Å². The average Bonchev–Trinajstić information content (AvgIpc) is 2.81. The van der Waals surface area contributed by atoms with E-state index in [1.165, 1.54) is 17.1 Å². The molecule has 2 fully saturated rings. The lowest BCUT2D eigenvalue weighted by molar-refractivity contribution is -0.187. The van der Waals surface area contributed by atoms with Crippen LogP contribution in [0.3, 0.4) is 0 Å². The van der Waals surface area contributed by atoms with Crippen molar-refractivity contribution in [3.8, 4) is 0 Å². The van der Waals surface area contributed by atoms with Crippen molar-refractivity contribution in [3.63, 3.8) is 0 Å². The topological polar surface area (TPSA) is 76.2 Å². The van der Waals surface area contributed by atoms with Gasteiger partial charge in [-0.2, -0.15) is 0 Å². The van der Waals surface area contributed by atoms with Gasteiger partial charge in [-0.1, -0.05) is 56.3 Å². The van der Waals surface area contributed by atoms with Gasteiger partial charge in [0.2, 0.25) is 11.8 Å². The molecule has 35 heavy (non-hydrogen) atoms. The lowest BCUT2D eigenvalue weighted by Crippen LogP contribution is -2.76. The zero-order valence-electron chi connectivity index (χ0n) is 20.4. The third-order valence-corrected chi connectivity index (χ3v) is 6.36. The number of amides is 4. The number of urea groups is 1. The van der Waals surface area contributed by atoms with E-state index in [0.717, 1.165) is 11.1 Å². The molecule has 2 aliphatic heterocycles. The number of rotatable bonds is 6. The summed E-state index contributed by atoms with van der Waals surface area (Å²) < 4.78 is 13.2. The predicted molar refractivity (Wildman–Crippen MR) is 129 cm³/mol. The summed E-state index contributed by atoms with van der Waals surface area (Å²) in [7, 11) is 1.70. The van der Waals surface area contributed by atoms with E-state index < -0.39 is 12.2 Å². The number of hydrazine groups is 1. The Bertz CT molecular complexity index is 1060. The summed E-state index contributed by atoms with van der Waals surface area (Å²) in [6.45, 7) is 5.06. The first kappa shape index (κ1) is 24.7. The molecule has 1 N–H and O–H groups in total. The lowest BCUT2D eigenvalue weighted by Gasteiger charge is -2.54. The van der Waals surface area contributed by atoms with E-state index in [4.69, 9.17) is 0 Å². The SMILES string of the molecule is CC(C)CN1C[C@H]2N(C(=O)CN(C)N2C(=O)NCc2ccc(F)cc2)[C@@H](Cc2ccccc2)C1=O. The van der Waals surface area contributed by atoms with Crippen LogP contribution in [0.2, 0.25) is 0 Å². The molecule has 2 heterocycles. The molecule has 4 amide bonds. The number of hydrogen-bond donors (Lipinski definition) is 1. The van der Waals surface area contributed by atoms with E-state index >= 15 is 0 Å². The van der Waals surface area contributed by atoms with Gasteiger partial charge in [0.25, 0.3) is 0 Å². The van der Waals surface area contributed by atoms with Crippen molar-refractivity contribution in [1.29, 1.82) is 0 Å². The minimum atomic E-state index is -0.691. The molecule has 4 rings (SSSR count). The molecule has 0 aliphatic carbocycles.